The summed E-state index contributed by atoms with van der Waals surface area (Å²) < 4.78 is 0. The monoisotopic (exact) mass is 363 g/mol. The maximum Gasteiger partial charge on any atom is 0.271 e. The summed E-state index contributed by atoms with van der Waals surface area (Å²) in [5.74, 6) is 0. The van der Waals surface area contributed by atoms with E-state index in [-0.39, 0.29) is 11.2 Å². The second kappa shape index (κ2) is 7.35. The quantitative estimate of drug-likeness (QED) is 0.386. The van der Waals surface area contributed by atoms with Crippen LogP contribution in [0.1, 0.15) is 45.2 Å². The number of fused-ring (bicyclic) bond motifs is 1. The van der Waals surface area contributed by atoms with Gasteiger partial charge in [-0.25, -0.2) is 0 Å². The third-order valence-electron chi connectivity index (χ3n) is 4.85. The molecule has 1 heterocycles. The highest BCUT2D eigenvalue weighted by molar-refractivity contribution is 5.88. The zero-order chi connectivity index (χ0) is 19.6. The van der Waals surface area contributed by atoms with Crippen molar-refractivity contribution in [3.8, 4) is 0 Å². The van der Waals surface area contributed by atoms with E-state index in [1.54, 1.807) is 18.3 Å². The van der Waals surface area contributed by atoms with E-state index in [1.807, 2.05) is 0 Å². The molecule has 5 nitrogen and oxygen atoms in total. The van der Waals surface area contributed by atoms with Crippen LogP contribution in [0.2, 0.25) is 0 Å². The highest BCUT2D eigenvalue weighted by Crippen LogP contribution is 2.39. The highest BCUT2D eigenvalue weighted by atomic mass is 16.6. The van der Waals surface area contributed by atoms with E-state index >= 15 is 0 Å². The van der Waals surface area contributed by atoms with Crippen LogP contribution in [0.4, 0.5) is 17.1 Å². The van der Waals surface area contributed by atoms with Crippen LogP contribution in [0.25, 0.3) is 5.57 Å². The Hall–Kier alpha value is -2.95. The molecule has 1 aliphatic rings. The van der Waals surface area contributed by atoms with E-state index < -0.39 is 4.92 Å². The summed E-state index contributed by atoms with van der Waals surface area (Å²) >= 11 is 0. The Balaban J connectivity index is 1.93. The van der Waals surface area contributed by atoms with E-state index in [2.05, 4.69) is 61.9 Å². The van der Waals surface area contributed by atoms with Crippen LogP contribution < -0.4 is 4.90 Å². The van der Waals surface area contributed by atoms with Crippen molar-refractivity contribution >= 4 is 28.8 Å². The minimum Gasteiger partial charge on any atom is -0.362 e. The first kappa shape index (κ1) is 18.8. The molecule has 0 radical (unpaired) electrons. The molecule has 0 aromatic heterocycles. The van der Waals surface area contributed by atoms with Crippen molar-refractivity contribution < 1.29 is 4.92 Å². The highest BCUT2D eigenvalue weighted by Gasteiger charge is 2.30. The van der Waals surface area contributed by atoms with Crippen molar-refractivity contribution in [2.45, 2.75) is 39.7 Å². The number of nitro benzene ring substituents is 1. The molecule has 0 aliphatic carbocycles. The fraction of sp³-hybridized carbons (Fsp3) is 0.318. The van der Waals surface area contributed by atoms with Gasteiger partial charge in [-0.05, 0) is 56.5 Å². The SMILES string of the molecule is CCCN1c2ccc(C=Nc3cccc([N+](=O)[O-])c3)cc2C(C)=CC1(C)C. The van der Waals surface area contributed by atoms with E-state index in [4.69, 9.17) is 0 Å². The molecule has 0 N–H and O–H groups in total. The van der Waals surface area contributed by atoms with Crippen LogP contribution in [0.3, 0.4) is 0 Å². The molecule has 0 unspecified atom stereocenters. The van der Waals surface area contributed by atoms with Crippen LogP contribution in [0.15, 0.2) is 53.5 Å². The van der Waals surface area contributed by atoms with Crippen LogP contribution >= 0.6 is 0 Å². The minimum atomic E-state index is -0.407. The number of anilines is 1. The van der Waals surface area contributed by atoms with E-state index in [9.17, 15) is 10.1 Å². The van der Waals surface area contributed by atoms with Crippen molar-refractivity contribution in [1.82, 2.24) is 0 Å². The summed E-state index contributed by atoms with van der Waals surface area (Å²) in [7, 11) is 0. The Morgan fingerprint density at radius 2 is 2.00 bits per heavy atom. The first-order chi connectivity index (χ1) is 12.8. The molecule has 0 saturated carbocycles. The van der Waals surface area contributed by atoms with Crippen LogP contribution in [0.5, 0.6) is 0 Å². The smallest absolute Gasteiger partial charge is 0.271 e. The summed E-state index contributed by atoms with van der Waals surface area (Å²) in [6, 6.07) is 12.7. The maximum atomic E-state index is 10.9. The number of non-ortho nitro benzene ring substituents is 1. The van der Waals surface area contributed by atoms with Crippen molar-refractivity contribution in [3.63, 3.8) is 0 Å². The molecule has 27 heavy (non-hydrogen) atoms. The topological polar surface area (TPSA) is 58.7 Å². The predicted molar refractivity (Wildman–Crippen MR) is 112 cm³/mol. The Bertz CT molecular complexity index is 929. The fourth-order valence-corrected chi connectivity index (χ4v) is 3.65. The number of aliphatic imine (C=N–C) groups is 1. The van der Waals surface area contributed by atoms with Crippen LogP contribution in [0, 0.1) is 10.1 Å². The van der Waals surface area contributed by atoms with Gasteiger partial charge in [-0.2, -0.15) is 0 Å². The molecule has 140 valence electrons. The largest absolute Gasteiger partial charge is 0.362 e. The normalized spacial score (nSPS) is 15.6. The van der Waals surface area contributed by atoms with Crippen LogP contribution in [-0.2, 0) is 0 Å². The first-order valence-electron chi connectivity index (χ1n) is 9.22. The molecule has 0 bridgehead atoms. The number of allylic oxidation sites excluding steroid dienone is 1. The van der Waals surface area contributed by atoms with Gasteiger partial charge in [0.05, 0.1) is 16.1 Å². The summed E-state index contributed by atoms with van der Waals surface area (Å²) in [4.78, 5) is 17.4. The lowest BCUT2D eigenvalue weighted by Gasteiger charge is -2.43. The molecule has 0 atom stereocenters. The molecule has 0 amide bonds. The number of benzene rings is 2. The van der Waals surface area contributed by atoms with Gasteiger partial charge in [0.25, 0.3) is 5.69 Å². The molecule has 0 saturated heterocycles. The molecular weight excluding hydrogens is 338 g/mol. The van der Waals surface area contributed by atoms with Gasteiger partial charge < -0.3 is 4.90 Å². The van der Waals surface area contributed by atoms with Crippen molar-refractivity contribution in [1.29, 1.82) is 0 Å². The lowest BCUT2D eigenvalue weighted by atomic mass is 9.88. The average Bonchev–Trinajstić information content (AvgIpc) is 2.63. The number of hydrogen-bond acceptors (Lipinski definition) is 4. The van der Waals surface area contributed by atoms with Gasteiger partial charge in [-0.1, -0.05) is 25.1 Å². The Morgan fingerprint density at radius 1 is 1.22 bits per heavy atom. The molecule has 2 aromatic rings. The number of nitro groups is 1. The van der Waals surface area contributed by atoms with Gasteiger partial charge >= 0.3 is 0 Å². The maximum absolute atomic E-state index is 10.9. The predicted octanol–water partition coefficient (Wildman–Crippen LogP) is 5.76. The fourth-order valence-electron chi connectivity index (χ4n) is 3.65. The zero-order valence-corrected chi connectivity index (χ0v) is 16.3. The number of nitrogens with zero attached hydrogens (tertiary/aromatic N) is 3. The summed E-state index contributed by atoms with van der Waals surface area (Å²) in [5, 5.41) is 10.9. The second-order valence-electron chi connectivity index (χ2n) is 7.44. The summed E-state index contributed by atoms with van der Waals surface area (Å²) in [6.45, 7) is 9.83. The number of rotatable bonds is 5. The van der Waals surface area contributed by atoms with Gasteiger partial charge in [0, 0.05) is 36.1 Å². The van der Waals surface area contributed by atoms with Crippen molar-refractivity contribution in [2.24, 2.45) is 4.99 Å². The lowest BCUT2D eigenvalue weighted by molar-refractivity contribution is -0.384. The molecule has 2 aromatic carbocycles. The Morgan fingerprint density at radius 3 is 2.70 bits per heavy atom. The minimum absolute atomic E-state index is 0.00826. The summed E-state index contributed by atoms with van der Waals surface area (Å²) in [6.07, 6.45) is 5.16. The second-order valence-corrected chi connectivity index (χ2v) is 7.44. The summed E-state index contributed by atoms with van der Waals surface area (Å²) in [5.41, 5.74) is 5.30. The van der Waals surface area contributed by atoms with Gasteiger partial charge in [0.2, 0.25) is 0 Å². The Labute approximate surface area is 160 Å². The van der Waals surface area contributed by atoms with E-state index in [1.165, 1.54) is 29.0 Å². The lowest BCUT2D eigenvalue weighted by Crippen LogP contribution is -2.45. The Kier molecular flexibility index (Phi) is 5.13. The van der Waals surface area contributed by atoms with Gasteiger partial charge in [0.15, 0.2) is 0 Å². The third-order valence-corrected chi connectivity index (χ3v) is 4.85. The average molecular weight is 363 g/mol. The van der Waals surface area contributed by atoms with Gasteiger partial charge in [-0.15, -0.1) is 0 Å². The third kappa shape index (κ3) is 3.92. The van der Waals surface area contributed by atoms with Crippen molar-refractivity contribution in [2.75, 3.05) is 11.4 Å². The molecule has 3 rings (SSSR count). The molecular formula is C22H25N3O2. The molecule has 0 fully saturated rings. The van der Waals surface area contributed by atoms with E-state index in [0.29, 0.717) is 5.69 Å². The standard InChI is InChI=1S/C22H25N3O2/c1-5-11-24-21-10-9-17(12-20(21)16(2)14-22(24,3)4)15-23-18-7-6-8-19(13-18)25(26)27/h6-10,12-15H,5,11H2,1-4H3. The van der Waals surface area contributed by atoms with Crippen molar-refractivity contribution in [3.05, 3.63) is 69.8 Å². The van der Waals surface area contributed by atoms with Gasteiger partial charge in [0.1, 0.15) is 0 Å². The molecule has 0 spiro atoms. The van der Waals surface area contributed by atoms with Crippen LogP contribution in [-0.4, -0.2) is 23.2 Å². The molecule has 5 heteroatoms. The number of hydrogen-bond donors (Lipinski definition) is 0. The molecule has 1 aliphatic heterocycles. The van der Waals surface area contributed by atoms with Gasteiger partial charge in [-0.3, -0.25) is 15.1 Å². The zero-order valence-electron chi connectivity index (χ0n) is 16.3. The van der Waals surface area contributed by atoms with E-state index in [0.717, 1.165) is 18.5 Å². The first-order valence-corrected chi connectivity index (χ1v) is 9.22.